The Labute approximate surface area is 116 Å². The van der Waals surface area contributed by atoms with Crippen LogP contribution in [0, 0.1) is 11.3 Å². The third kappa shape index (κ3) is 3.59. The Morgan fingerprint density at radius 1 is 1.40 bits per heavy atom. The molecule has 0 aromatic carbocycles. The average molecular weight is 292 g/mol. The van der Waals surface area contributed by atoms with Crippen LogP contribution in [-0.2, 0) is 16.6 Å². The molecular weight excluding hydrogens is 280 g/mol. The van der Waals surface area contributed by atoms with Gasteiger partial charge in [-0.2, -0.15) is 5.26 Å². The number of sulfonamides is 1. The van der Waals surface area contributed by atoms with Gasteiger partial charge in [0.25, 0.3) is 0 Å². The number of pyridine rings is 1. The second-order valence-electron chi connectivity index (χ2n) is 3.91. The van der Waals surface area contributed by atoms with E-state index in [0.717, 1.165) is 6.20 Å². The van der Waals surface area contributed by atoms with E-state index in [1.165, 1.54) is 12.1 Å². The van der Waals surface area contributed by atoms with Crippen LogP contribution in [-0.4, -0.2) is 34.9 Å². The minimum Gasteiger partial charge on any atom is -0.253 e. The first-order chi connectivity index (χ1) is 9.62. The zero-order chi connectivity index (χ0) is 14.4. The molecule has 2 heterocycles. The van der Waals surface area contributed by atoms with Crippen molar-refractivity contribution in [2.24, 2.45) is 0 Å². The van der Waals surface area contributed by atoms with Gasteiger partial charge in [-0.25, -0.2) is 18.1 Å². The Morgan fingerprint density at radius 3 is 2.85 bits per heavy atom. The van der Waals surface area contributed by atoms with Crippen LogP contribution in [0.4, 0.5) is 0 Å². The number of rotatable bonds is 6. The highest BCUT2D eigenvalue weighted by Crippen LogP contribution is 2.07. The zero-order valence-corrected chi connectivity index (χ0v) is 11.3. The molecule has 0 bridgehead atoms. The van der Waals surface area contributed by atoms with E-state index >= 15 is 0 Å². The number of nitrogens with zero attached hydrogens (tertiary/aromatic N) is 5. The van der Waals surface area contributed by atoms with Gasteiger partial charge < -0.3 is 0 Å². The van der Waals surface area contributed by atoms with E-state index in [1.807, 2.05) is 6.07 Å². The maximum absolute atomic E-state index is 11.9. The average Bonchev–Trinajstić information content (AvgIpc) is 2.97. The summed E-state index contributed by atoms with van der Waals surface area (Å²) in [6.07, 6.45) is 5.02. The van der Waals surface area contributed by atoms with Gasteiger partial charge in [0.1, 0.15) is 16.7 Å². The Morgan fingerprint density at radius 2 is 2.25 bits per heavy atom. The maximum atomic E-state index is 11.9. The van der Waals surface area contributed by atoms with E-state index in [4.69, 9.17) is 5.26 Å². The maximum Gasteiger partial charge on any atom is 0.242 e. The van der Waals surface area contributed by atoms with Gasteiger partial charge in [0.2, 0.25) is 10.0 Å². The van der Waals surface area contributed by atoms with Crippen molar-refractivity contribution in [3.05, 3.63) is 36.4 Å². The summed E-state index contributed by atoms with van der Waals surface area (Å²) in [6, 6.07) is 4.55. The molecule has 0 aliphatic carbocycles. The van der Waals surface area contributed by atoms with E-state index in [9.17, 15) is 8.42 Å². The molecule has 104 valence electrons. The van der Waals surface area contributed by atoms with Crippen molar-refractivity contribution in [1.82, 2.24) is 24.7 Å². The van der Waals surface area contributed by atoms with Gasteiger partial charge >= 0.3 is 0 Å². The number of hydrogen-bond donors (Lipinski definition) is 1. The summed E-state index contributed by atoms with van der Waals surface area (Å²) < 4.78 is 27.9. The van der Waals surface area contributed by atoms with Crippen LogP contribution in [0.5, 0.6) is 0 Å². The highest BCUT2D eigenvalue weighted by atomic mass is 32.2. The molecular formula is C11H12N6O2S. The summed E-state index contributed by atoms with van der Waals surface area (Å²) in [6.45, 7) is 0.857. The second-order valence-corrected chi connectivity index (χ2v) is 5.68. The summed E-state index contributed by atoms with van der Waals surface area (Å²) in [5.74, 6) is 0. The summed E-state index contributed by atoms with van der Waals surface area (Å²) in [4.78, 5) is 3.77. The van der Waals surface area contributed by atoms with Crippen molar-refractivity contribution < 1.29 is 8.42 Å². The Bertz CT molecular complexity index is 688. The van der Waals surface area contributed by atoms with Crippen LogP contribution in [0.3, 0.4) is 0 Å². The largest absolute Gasteiger partial charge is 0.253 e. The number of aryl methyl sites for hydroxylation is 1. The van der Waals surface area contributed by atoms with Crippen LogP contribution in [0.2, 0.25) is 0 Å². The van der Waals surface area contributed by atoms with Crippen LogP contribution >= 0.6 is 0 Å². The van der Waals surface area contributed by atoms with Gasteiger partial charge in [0, 0.05) is 25.5 Å². The van der Waals surface area contributed by atoms with Gasteiger partial charge in [0.15, 0.2) is 0 Å². The predicted octanol–water partition coefficient (Wildman–Crippen LogP) is -0.0866. The number of hydrogen-bond acceptors (Lipinski definition) is 6. The van der Waals surface area contributed by atoms with E-state index in [2.05, 4.69) is 20.0 Å². The highest BCUT2D eigenvalue weighted by Gasteiger charge is 2.13. The molecule has 0 saturated heterocycles. The van der Waals surface area contributed by atoms with E-state index in [-0.39, 0.29) is 17.1 Å². The van der Waals surface area contributed by atoms with Crippen LogP contribution in [0.15, 0.2) is 35.6 Å². The van der Waals surface area contributed by atoms with E-state index in [1.54, 1.807) is 17.1 Å². The van der Waals surface area contributed by atoms with Gasteiger partial charge in [-0.1, -0.05) is 5.21 Å². The van der Waals surface area contributed by atoms with Gasteiger partial charge in [-0.3, -0.25) is 4.68 Å². The molecule has 0 aliphatic heterocycles. The molecule has 0 unspecified atom stereocenters. The van der Waals surface area contributed by atoms with Gasteiger partial charge in [-0.15, -0.1) is 5.10 Å². The van der Waals surface area contributed by atoms with Gasteiger partial charge in [0.05, 0.1) is 6.20 Å². The second kappa shape index (κ2) is 6.23. The number of nitrogens with one attached hydrogen (secondary N) is 1. The Hall–Kier alpha value is -2.31. The van der Waals surface area contributed by atoms with E-state index in [0.29, 0.717) is 13.0 Å². The molecule has 0 atom stereocenters. The first-order valence-electron chi connectivity index (χ1n) is 5.82. The molecule has 2 aromatic heterocycles. The standard InChI is InChI=1S/C11H12N6O2S/c12-8-10-2-3-11(9-13-10)20(18,19)15-4-1-6-17-7-5-14-16-17/h2-3,5,7,9,15H,1,4,6H2. The predicted molar refractivity (Wildman–Crippen MR) is 68.8 cm³/mol. The number of nitriles is 1. The fourth-order valence-electron chi connectivity index (χ4n) is 1.49. The quantitative estimate of drug-likeness (QED) is 0.744. The van der Waals surface area contributed by atoms with Crippen molar-refractivity contribution in [3.8, 4) is 6.07 Å². The molecule has 0 saturated carbocycles. The van der Waals surface area contributed by atoms with E-state index < -0.39 is 10.0 Å². The zero-order valence-electron chi connectivity index (χ0n) is 10.5. The van der Waals surface area contributed by atoms with Crippen LogP contribution in [0.25, 0.3) is 0 Å². The lowest BCUT2D eigenvalue weighted by molar-refractivity contribution is 0.542. The summed E-state index contributed by atoms with van der Waals surface area (Å²) in [5.41, 5.74) is 0.176. The summed E-state index contributed by atoms with van der Waals surface area (Å²) in [7, 11) is -3.59. The van der Waals surface area contributed by atoms with Crippen LogP contribution < -0.4 is 4.72 Å². The third-order valence-corrected chi connectivity index (χ3v) is 3.94. The molecule has 2 aromatic rings. The van der Waals surface area contributed by atoms with Crippen molar-refractivity contribution in [3.63, 3.8) is 0 Å². The molecule has 0 radical (unpaired) electrons. The smallest absolute Gasteiger partial charge is 0.242 e. The molecule has 2 rings (SSSR count). The molecule has 0 fully saturated rings. The Kier molecular flexibility index (Phi) is 4.39. The summed E-state index contributed by atoms with van der Waals surface area (Å²) >= 11 is 0. The van der Waals surface area contributed by atoms with Crippen molar-refractivity contribution in [1.29, 1.82) is 5.26 Å². The molecule has 1 N–H and O–H groups in total. The minimum atomic E-state index is -3.59. The fourth-order valence-corrected chi connectivity index (χ4v) is 2.51. The molecule has 0 spiro atoms. The minimum absolute atomic E-state index is 0.0391. The monoisotopic (exact) mass is 292 g/mol. The fraction of sp³-hybridized carbons (Fsp3) is 0.273. The van der Waals surface area contributed by atoms with Gasteiger partial charge in [-0.05, 0) is 18.6 Å². The lowest BCUT2D eigenvalue weighted by atomic mass is 10.4. The third-order valence-electron chi connectivity index (χ3n) is 2.49. The molecule has 0 aliphatic rings. The van der Waals surface area contributed by atoms with Crippen molar-refractivity contribution in [2.75, 3.05) is 6.54 Å². The Balaban J connectivity index is 1.88. The number of aromatic nitrogens is 4. The first kappa shape index (κ1) is 14.1. The highest BCUT2D eigenvalue weighted by molar-refractivity contribution is 7.89. The SMILES string of the molecule is N#Cc1ccc(S(=O)(=O)NCCCn2ccnn2)cn1. The van der Waals surface area contributed by atoms with Crippen molar-refractivity contribution >= 4 is 10.0 Å². The lowest BCUT2D eigenvalue weighted by Crippen LogP contribution is -2.25. The molecule has 20 heavy (non-hydrogen) atoms. The van der Waals surface area contributed by atoms with Crippen LogP contribution in [0.1, 0.15) is 12.1 Å². The lowest BCUT2D eigenvalue weighted by Gasteiger charge is -2.06. The topological polar surface area (TPSA) is 114 Å². The normalized spacial score (nSPS) is 11.2. The molecule has 0 amide bonds. The molecule has 8 nitrogen and oxygen atoms in total. The molecule has 9 heteroatoms. The first-order valence-corrected chi connectivity index (χ1v) is 7.30. The summed E-state index contributed by atoms with van der Waals surface area (Å²) in [5, 5.41) is 16.0. The van der Waals surface area contributed by atoms with Crippen molar-refractivity contribution in [2.45, 2.75) is 17.9 Å².